The van der Waals surface area contributed by atoms with Crippen molar-refractivity contribution in [1.82, 2.24) is 0 Å². The van der Waals surface area contributed by atoms with Gasteiger partial charge in [-0.2, -0.15) is 8.78 Å². The topological polar surface area (TPSA) is 35.5 Å². The van der Waals surface area contributed by atoms with E-state index in [1.165, 1.54) is 24.3 Å². The molecule has 0 spiro atoms. The molecule has 0 fully saturated rings. The van der Waals surface area contributed by atoms with Crippen molar-refractivity contribution in [2.75, 3.05) is 6.61 Å². The molecule has 10 heteroatoms. The van der Waals surface area contributed by atoms with E-state index in [1.54, 1.807) is 0 Å². The summed E-state index contributed by atoms with van der Waals surface area (Å²) in [5.41, 5.74) is -1.60. The molecule has 3 aromatic rings. The predicted octanol–water partition coefficient (Wildman–Crippen LogP) is 6.85. The molecule has 0 atom stereocenters. The molecule has 0 aliphatic rings. The molecule has 3 aromatic carbocycles. The van der Waals surface area contributed by atoms with Gasteiger partial charge in [0.05, 0.1) is 12.2 Å². The largest absolute Gasteiger partial charge is 0.487 e. The SMILES string of the molecule is CCCCCOc1c(F)c(F)c(C#Cc2ccc(OC(=O)c3cc(F)c(F)c(F)c3)cc2)c(F)c1F. The van der Waals surface area contributed by atoms with E-state index in [4.69, 9.17) is 9.47 Å². The van der Waals surface area contributed by atoms with Crippen molar-refractivity contribution >= 4 is 5.97 Å². The van der Waals surface area contributed by atoms with E-state index >= 15 is 0 Å². The third kappa shape index (κ3) is 5.97. The molecule has 0 heterocycles. The van der Waals surface area contributed by atoms with Gasteiger partial charge in [-0.3, -0.25) is 0 Å². The van der Waals surface area contributed by atoms with Crippen LogP contribution >= 0.6 is 0 Å². The van der Waals surface area contributed by atoms with Crippen LogP contribution < -0.4 is 9.47 Å². The van der Waals surface area contributed by atoms with E-state index in [2.05, 4.69) is 5.92 Å². The summed E-state index contributed by atoms with van der Waals surface area (Å²) in [5.74, 6) is -9.80. The average Bonchev–Trinajstić information content (AvgIpc) is 2.86. The lowest BCUT2D eigenvalue weighted by Crippen LogP contribution is -2.10. The van der Waals surface area contributed by atoms with Gasteiger partial charge in [0, 0.05) is 5.56 Å². The molecule has 0 aliphatic heterocycles. The number of benzene rings is 3. The van der Waals surface area contributed by atoms with Crippen LogP contribution in [-0.2, 0) is 0 Å². The Kier molecular flexibility index (Phi) is 8.59. The Morgan fingerprint density at radius 1 is 0.778 bits per heavy atom. The van der Waals surface area contributed by atoms with Gasteiger partial charge < -0.3 is 9.47 Å². The maximum atomic E-state index is 14.3. The number of hydrogen-bond acceptors (Lipinski definition) is 3. The van der Waals surface area contributed by atoms with Crippen LogP contribution in [0.5, 0.6) is 11.5 Å². The van der Waals surface area contributed by atoms with Gasteiger partial charge in [-0.1, -0.05) is 31.6 Å². The van der Waals surface area contributed by atoms with Crippen molar-refractivity contribution in [2.24, 2.45) is 0 Å². The molecule has 0 saturated heterocycles. The third-order valence-corrected chi connectivity index (χ3v) is 4.83. The molecule has 3 rings (SSSR count). The smallest absolute Gasteiger partial charge is 0.343 e. The summed E-state index contributed by atoms with van der Waals surface area (Å²) in [6.45, 7) is 1.78. The first-order valence-corrected chi connectivity index (χ1v) is 10.6. The fourth-order valence-electron chi connectivity index (χ4n) is 2.95. The first kappa shape index (κ1) is 26.6. The minimum absolute atomic E-state index is 0.102. The van der Waals surface area contributed by atoms with Crippen molar-refractivity contribution in [3.05, 3.63) is 93.8 Å². The van der Waals surface area contributed by atoms with E-state index in [1.807, 2.05) is 12.8 Å². The summed E-state index contributed by atoms with van der Waals surface area (Å²) in [6, 6.07) is 5.80. The van der Waals surface area contributed by atoms with Crippen LogP contribution in [0.3, 0.4) is 0 Å². The van der Waals surface area contributed by atoms with Crippen LogP contribution in [0.25, 0.3) is 0 Å². The van der Waals surface area contributed by atoms with Crippen molar-refractivity contribution in [3.63, 3.8) is 0 Å². The quantitative estimate of drug-likeness (QED) is 0.0664. The minimum atomic E-state index is -1.74. The zero-order chi connectivity index (χ0) is 26.4. The molecule has 188 valence electrons. The first-order chi connectivity index (χ1) is 17.1. The minimum Gasteiger partial charge on any atom is -0.487 e. The summed E-state index contributed by atoms with van der Waals surface area (Å²) in [4.78, 5) is 12.0. The Morgan fingerprint density at radius 2 is 1.36 bits per heavy atom. The maximum absolute atomic E-state index is 14.3. The number of carbonyl (C=O) groups excluding carboxylic acids is 1. The van der Waals surface area contributed by atoms with Gasteiger partial charge in [-0.15, -0.1) is 0 Å². The van der Waals surface area contributed by atoms with E-state index < -0.39 is 63.6 Å². The van der Waals surface area contributed by atoms with Gasteiger partial charge in [0.2, 0.25) is 11.6 Å². The fourth-order valence-corrected chi connectivity index (χ4v) is 2.95. The van der Waals surface area contributed by atoms with Crippen LogP contribution in [0.15, 0.2) is 36.4 Å². The molecule has 36 heavy (non-hydrogen) atoms. The highest BCUT2D eigenvalue weighted by Crippen LogP contribution is 2.30. The summed E-state index contributed by atoms with van der Waals surface area (Å²) in [6.07, 6.45) is 1.96. The molecular formula is C26H17F7O3. The molecule has 3 nitrogen and oxygen atoms in total. The average molecular weight is 510 g/mol. The van der Waals surface area contributed by atoms with Crippen LogP contribution in [0, 0.1) is 52.6 Å². The zero-order valence-electron chi connectivity index (χ0n) is 18.7. The van der Waals surface area contributed by atoms with Crippen LogP contribution in [0.1, 0.15) is 47.7 Å². The molecule has 0 aromatic heterocycles. The van der Waals surface area contributed by atoms with Gasteiger partial charge >= 0.3 is 5.97 Å². The second-order valence-corrected chi connectivity index (χ2v) is 7.43. The van der Waals surface area contributed by atoms with Gasteiger partial charge in [0.1, 0.15) is 11.3 Å². The third-order valence-electron chi connectivity index (χ3n) is 4.83. The zero-order valence-corrected chi connectivity index (χ0v) is 18.7. The number of halogens is 7. The van der Waals surface area contributed by atoms with E-state index in [-0.39, 0.29) is 17.9 Å². The fraction of sp³-hybridized carbons (Fsp3) is 0.192. The molecule has 0 radical (unpaired) electrons. The van der Waals surface area contributed by atoms with E-state index in [0.29, 0.717) is 25.0 Å². The normalized spacial score (nSPS) is 10.6. The molecular weight excluding hydrogens is 493 g/mol. The first-order valence-electron chi connectivity index (χ1n) is 10.6. The Hall–Kier alpha value is -4.00. The summed E-state index contributed by atoms with van der Waals surface area (Å²) in [5, 5.41) is 0. The lowest BCUT2D eigenvalue weighted by Gasteiger charge is -2.10. The Morgan fingerprint density at radius 3 is 1.92 bits per heavy atom. The highest BCUT2D eigenvalue weighted by atomic mass is 19.2. The number of hydrogen-bond donors (Lipinski definition) is 0. The van der Waals surface area contributed by atoms with Crippen molar-refractivity contribution in [3.8, 4) is 23.3 Å². The lowest BCUT2D eigenvalue weighted by molar-refractivity contribution is 0.0733. The number of ether oxygens (including phenoxy) is 2. The number of carbonyl (C=O) groups is 1. The highest BCUT2D eigenvalue weighted by Gasteiger charge is 2.26. The highest BCUT2D eigenvalue weighted by molar-refractivity contribution is 5.91. The van der Waals surface area contributed by atoms with Crippen molar-refractivity contribution in [2.45, 2.75) is 26.2 Å². The Labute approximate surface area is 201 Å². The molecule has 0 unspecified atom stereocenters. The lowest BCUT2D eigenvalue weighted by atomic mass is 10.1. The van der Waals surface area contributed by atoms with Crippen LogP contribution in [0.2, 0.25) is 0 Å². The Balaban J connectivity index is 1.76. The van der Waals surface area contributed by atoms with Gasteiger partial charge in [-0.05, 0) is 42.8 Å². The summed E-state index contributed by atoms with van der Waals surface area (Å²) < 4.78 is 107. The molecule has 0 aliphatic carbocycles. The van der Waals surface area contributed by atoms with Gasteiger partial charge in [-0.25, -0.2) is 26.7 Å². The van der Waals surface area contributed by atoms with Gasteiger partial charge in [0.15, 0.2) is 34.8 Å². The second-order valence-electron chi connectivity index (χ2n) is 7.43. The van der Waals surface area contributed by atoms with Gasteiger partial charge in [0.25, 0.3) is 0 Å². The molecule has 0 N–H and O–H groups in total. The molecule has 0 saturated carbocycles. The predicted molar refractivity (Wildman–Crippen MR) is 115 cm³/mol. The van der Waals surface area contributed by atoms with Crippen LogP contribution in [0.4, 0.5) is 30.7 Å². The van der Waals surface area contributed by atoms with Crippen molar-refractivity contribution < 1.29 is 45.0 Å². The van der Waals surface area contributed by atoms with E-state index in [0.717, 1.165) is 6.42 Å². The maximum Gasteiger partial charge on any atom is 0.343 e. The second kappa shape index (κ2) is 11.6. The number of esters is 1. The van der Waals surface area contributed by atoms with E-state index in [9.17, 15) is 35.5 Å². The summed E-state index contributed by atoms with van der Waals surface area (Å²) in [7, 11) is 0. The molecule has 0 bridgehead atoms. The Bertz CT molecular complexity index is 1290. The number of unbranched alkanes of at least 4 members (excludes halogenated alkanes) is 2. The summed E-state index contributed by atoms with van der Waals surface area (Å²) >= 11 is 0. The monoisotopic (exact) mass is 510 g/mol. The standard InChI is InChI=1S/C26H17F7O3/c1-2-3-4-11-35-25-23(32)20(29)17(21(30)24(25)33)10-7-14-5-8-16(9-6-14)36-26(34)15-12-18(27)22(31)19(28)13-15/h5-6,8-9,12-13H,2-4,11H2,1H3. The van der Waals surface area contributed by atoms with Crippen molar-refractivity contribution in [1.29, 1.82) is 0 Å². The number of rotatable bonds is 7. The molecule has 0 amide bonds. The van der Waals surface area contributed by atoms with Crippen LogP contribution in [-0.4, -0.2) is 12.6 Å².